The molecule has 1 nitrogen and oxygen atoms in total. The van der Waals surface area contributed by atoms with Crippen molar-refractivity contribution in [3.05, 3.63) is 23.7 Å². The van der Waals surface area contributed by atoms with E-state index in [0.717, 1.165) is 0 Å². The molecule has 6 heavy (non-hydrogen) atoms. The SMILES string of the molecule is [C-]#[N+]/C(F)=C\F. The van der Waals surface area contributed by atoms with E-state index in [4.69, 9.17) is 6.57 Å². The summed E-state index contributed by atoms with van der Waals surface area (Å²) in [6.07, 6.45) is -0.382. The second-order valence-electron chi connectivity index (χ2n) is 0.544. The molecule has 0 saturated heterocycles. The van der Waals surface area contributed by atoms with Gasteiger partial charge in [0.25, 0.3) is 0 Å². The molecule has 0 aliphatic carbocycles. The normalized spacial score (nSPS) is 10.5. The van der Waals surface area contributed by atoms with Crippen LogP contribution in [0.25, 0.3) is 4.85 Å². The summed E-state index contributed by atoms with van der Waals surface area (Å²) in [5, 5.41) is 0. The zero-order chi connectivity index (χ0) is 4.99. The fraction of sp³-hybridized carbons (Fsp3) is 0. The number of hydrogen-bond donors (Lipinski definition) is 0. The minimum absolute atomic E-state index is 0.382. The summed E-state index contributed by atoms with van der Waals surface area (Å²) in [5.74, 6) is -1.41. The Morgan fingerprint density at radius 3 is 2.33 bits per heavy atom. The van der Waals surface area contributed by atoms with Crippen molar-refractivity contribution in [3.8, 4) is 0 Å². The molecule has 32 valence electrons. The van der Waals surface area contributed by atoms with E-state index in [1.807, 2.05) is 0 Å². The van der Waals surface area contributed by atoms with Crippen LogP contribution in [0, 0.1) is 6.57 Å². The van der Waals surface area contributed by atoms with E-state index < -0.39 is 5.95 Å². The van der Waals surface area contributed by atoms with Crippen LogP contribution in [-0.2, 0) is 0 Å². The van der Waals surface area contributed by atoms with Crippen LogP contribution in [0.15, 0.2) is 12.3 Å². The highest BCUT2D eigenvalue weighted by atomic mass is 19.2. The highest BCUT2D eigenvalue weighted by molar-refractivity contribution is 4.93. The van der Waals surface area contributed by atoms with Gasteiger partial charge in [0.1, 0.15) is 6.33 Å². The molecule has 0 aromatic carbocycles. The molecule has 0 amide bonds. The second-order valence-corrected chi connectivity index (χ2v) is 0.544. The molecule has 0 fully saturated rings. The molecule has 0 unspecified atom stereocenters. The van der Waals surface area contributed by atoms with Gasteiger partial charge in [-0.1, -0.05) is 0 Å². The number of hydrogen-bond acceptors (Lipinski definition) is 0. The lowest BCUT2D eigenvalue weighted by Crippen LogP contribution is -1.47. The molecule has 0 saturated carbocycles. The van der Waals surface area contributed by atoms with E-state index >= 15 is 0 Å². The maximum absolute atomic E-state index is 11.0. The fourth-order valence-corrected chi connectivity index (χ4v) is 0.0244. The molecule has 0 aliphatic heterocycles. The predicted molar refractivity (Wildman–Crippen MR) is 16.9 cm³/mol. The minimum atomic E-state index is -1.41. The maximum atomic E-state index is 11.0. The molecule has 0 atom stereocenters. The lowest BCUT2D eigenvalue weighted by atomic mass is 11.0. The molecule has 0 bridgehead atoms. The van der Waals surface area contributed by atoms with Crippen molar-refractivity contribution < 1.29 is 8.78 Å². The van der Waals surface area contributed by atoms with E-state index in [1.54, 1.807) is 0 Å². The van der Waals surface area contributed by atoms with Crippen LogP contribution >= 0.6 is 0 Å². The van der Waals surface area contributed by atoms with Crippen molar-refractivity contribution in [2.45, 2.75) is 0 Å². The fourth-order valence-electron chi connectivity index (χ4n) is 0.0244. The third-order valence-corrected chi connectivity index (χ3v) is 0.197. The number of nitrogens with zero attached hydrogens (tertiary/aromatic N) is 1. The Hall–Kier alpha value is -0.910. The van der Waals surface area contributed by atoms with Gasteiger partial charge in [-0.25, -0.2) is 13.6 Å². The van der Waals surface area contributed by atoms with Gasteiger partial charge in [-0.05, 0) is 0 Å². The van der Waals surface area contributed by atoms with Crippen LogP contribution in [0.3, 0.4) is 0 Å². The molecule has 0 rings (SSSR count). The Balaban J connectivity index is 3.61. The highest BCUT2D eigenvalue weighted by Crippen LogP contribution is 1.94. The molecule has 0 aliphatic rings. The van der Waals surface area contributed by atoms with Crippen molar-refractivity contribution in [2.75, 3.05) is 0 Å². The molecule has 0 spiro atoms. The first-order chi connectivity index (χ1) is 2.81. The number of rotatable bonds is 0. The molecule has 0 aromatic rings. The molecular formula is C3HF2N. The standard InChI is InChI=1S/C3HF2N/c1-6-3(5)2-4/h2H/b3-2-. The smallest absolute Gasteiger partial charge is 0.234 e. The van der Waals surface area contributed by atoms with Gasteiger partial charge in [-0.2, -0.15) is 0 Å². The topological polar surface area (TPSA) is 4.36 Å². The van der Waals surface area contributed by atoms with Gasteiger partial charge in [-0.15, -0.1) is 0 Å². The van der Waals surface area contributed by atoms with Gasteiger partial charge >= 0.3 is 5.95 Å². The summed E-state index contributed by atoms with van der Waals surface area (Å²) < 4.78 is 21.6. The van der Waals surface area contributed by atoms with Crippen LogP contribution < -0.4 is 0 Å². The summed E-state index contributed by atoms with van der Waals surface area (Å²) >= 11 is 0. The van der Waals surface area contributed by atoms with Gasteiger partial charge < -0.3 is 0 Å². The van der Waals surface area contributed by atoms with E-state index in [1.165, 1.54) is 0 Å². The zero-order valence-electron chi connectivity index (χ0n) is 2.78. The summed E-state index contributed by atoms with van der Waals surface area (Å²) in [7, 11) is 0. The molecule has 0 N–H and O–H groups in total. The van der Waals surface area contributed by atoms with E-state index in [2.05, 4.69) is 4.85 Å². The average molecular weight is 89.0 g/mol. The summed E-state index contributed by atoms with van der Waals surface area (Å²) in [6, 6.07) is 0. The van der Waals surface area contributed by atoms with Crippen LogP contribution in [0.4, 0.5) is 8.78 Å². The highest BCUT2D eigenvalue weighted by Gasteiger charge is 1.81. The second kappa shape index (κ2) is 2.33. The quantitative estimate of drug-likeness (QED) is 0.314. The third-order valence-electron chi connectivity index (χ3n) is 0.197. The zero-order valence-corrected chi connectivity index (χ0v) is 2.78. The van der Waals surface area contributed by atoms with Crippen LogP contribution in [0.1, 0.15) is 0 Å². The monoisotopic (exact) mass is 89.0 g/mol. The summed E-state index contributed by atoms with van der Waals surface area (Å²) in [5.41, 5.74) is 0. The Morgan fingerprint density at radius 1 is 1.83 bits per heavy atom. The lowest BCUT2D eigenvalue weighted by Gasteiger charge is -1.64. The average Bonchev–Trinajstić information content (AvgIpc) is 1.65. The van der Waals surface area contributed by atoms with Gasteiger partial charge in [0.15, 0.2) is 0 Å². The predicted octanol–water partition coefficient (Wildman–Crippen LogP) is 1.64. The Bertz CT molecular complexity index is 99.9. The number of halogens is 2. The minimum Gasteiger partial charge on any atom is -0.234 e. The van der Waals surface area contributed by atoms with Crippen molar-refractivity contribution in [3.63, 3.8) is 0 Å². The Kier molecular flexibility index (Phi) is 1.98. The van der Waals surface area contributed by atoms with Crippen molar-refractivity contribution in [1.29, 1.82) is 0 Å². The van der Waals surface area contributed by atoms with Gasteiger partial charge in [-0.3, -0.25) is 0 Å². The van der Waals surface area contributed by atoms with E-state index in [0.29, 0.717) is 0 Å². The summed E-state index contributed by atoms with van der Waals surface area (Å²) in [6.45, 7) is 5.75. The molecule has 0 aromatic heterocycles. The van der Waals surface area contributed by atoms with E-state index in [-0.39, 0.29) is 6.33 Å². The van der Waals surface area contributed by atoms with Crippen molar-refractivity contribution >= 4 is 0 Å². The third kappa shape index (κ3) is 1.41. The maximum Gasteiger partial charge on any atom is 0.359 e. The van der Waals surface area contributed by atoms with Crippen molar-refractivity contribution in [1.82, 2.24) is 0 Å². The molecule has 0 radical (unpaired) electrons. The first-order valence-corrected chi connectivity index (χ1v) is 1.14. The summed E-state index contributed by atoms with van der Waals surface area (Å²) in [4.78, 5) is 2.08. The molecule has 3 heteroatoms. The Labute approximate surface area is 33.7 Å². The van der Waals surface area contributed by atoms with Crippen molar-refractivity contribution in [2.24, 2.45) is 0 Å². The largest absolute Gasteiger partial charge is 0.359 e. The first kappa shape index (κ1) is 5.09. The van der Waals surface area contributed by atoms with Gasteiger partial charge in [0.2, 0.25) is 0 Å². The van der Waals surface area contributed by atoms with Crippen LogP contribution in [0.5, 0.6) is 0 Å². The molecular weight excluding hydrogens is 88.0 g/mol. The lowest BCUT2D eigenvalue weighted by molar-refractivity contribution is 0.605. The Morgan fingerprint density at radius 2 is 2.33 bits per heavy atom. The van der Waals surface area contributed by atoms with E-state index in [9.17, 15) is 8.78 Å². The van der Waals surface area contributed by atoms with Gasteiger partial charge in [0.05, 0.1) is 6.57 Å². The molecule has 0 heterocycles. The van der Waals surface area contributed by atoms with Crippen LogP contribution in [0.2, 0.25) is 0 Å². The van der Waals surface area contributed by atoms with Crippen LogP contribution in [-0.4, -0.2) is 0 Å². The first-order valence-electron chi connectivity index (χ1n) is 1.14. The van der Waals surface area contributed by atoms with Gasteiger partial charge in [0, 0.05) is 0 Å².